The maximum Gasteiger partial charge on any atom is 0.389 e. The molecule has 1 atom stereocenters. The summed E-state index contributed by atoms with van der Waals surface area (Å²) in [5.74, 6) is 0.769. The van der Waals surface area contributed by atoms with Crippen molar-refractivity contribution >= 4 is 0 Å². The number of hydrogen-bond donors (Lipinski definition) is 1. The van der Waals surface area contributed by atoms with Gasteiger partial charge in [0.15, 0.2) is 0 Å². The highest BCUT2D eigenvalue weighted by molar-refractivity contribution is 5.21. The molecule has 0 amide bonds. The Morgan fingerprint density at radius 2 is 2.06 bits per heavy atom. The van der Waals surface area contributed by atoms with Crippen LogP contribution in [-0.2, 0) is 6.42 Å². The van der Waals surface area contributed by atoms with Crippen LogP contribution in [0.4, 0.5) is 13.2 Å². The van der Waals surface area contributed by atoms with Crippen molar-refractivity contribution in [2.45, 2.75) is 51.7 Å². The molecule has 0 radical (unpaired) electrons. The van der Waals surface area contributed by atoms with Crippen LogP contribution < -0.4 is 5.32 Å². The molecule has 1 heterocycles. The highest BCUT2D eigenvalue weighted by Gasteiger charge is 2.29. The van der Waals surface area contributed by atoms with Gasteiger partial charge in [0.05, 0.1) is 6.26 Å². The predicted molar refractivity (Wildman–Crippen MR) is 64.4 cm³/mol. The first-order valence-corrected chi connectivity index (χ1v) is 6.34. The van der Waals surface area contributed by atoms with E-state index in [0.717, 1.165) is 17.7 Å². The van der Waals surface area contributed by atoms with Crippen LogP contribution in [0.2, 0.25) is 0 Å². The second kappa shape index (κ2) is 6.83. The summed E-state index contributed by atoms with van der Waals surface area (Å²) in [4.78, 5) is 0. The van der Waals surface area contributed by atoms with Crippen LogP contribution in [0.1, 0.15) is 50.5 Å². The fourth-order valence-electron chi connectivity index (χ4n) is 1.94. The van der Waals surface area contributed by atoms with Gasteiger partial charge >= 0.3 is 6.18 Å². The van der Waals surface area contributed by atoms with Gasteiger partial charge in [-0.1, -0.05) is 13.8 Å². The fourth-order valence-corrected chi connectivity index (χ4v) is 1.94. The molecule has 0 fully saturated rings. The SMILES string of the molecule is CCCNC(CCC(F)(F)F)c1ccoc1CC. The number of rotatable bonds is 7. The lowest BCUT2D eigenvalue weighted by molar-refractivity contribution is -0.136. The minimum Gasteiger partial charge on any atom is -0.469 e. The van der Waals surface area contributed by atoms with Crippen LogP contribution in [0.3, 0.4) is 0 Å². The van der Waals surface area contributed by atoms with E-state index in [1.54, 1.807) is 12.3 Å². The Hall–Kier alpha value is -0.970. The summed E-state index contributed by atoms with van der Waals surface area (Å²) in [6.07, 6.45) is -1.70. The number of furan rings is 1. The summed E-state index contributed by atoms with van der Waals surface area (Å²) in [6.45, 7) is 4.63. The zero-order valence-corrected chi connectivity index (χ0v) is 10.8. The van der Waals surface area contributed by atoms with Gasteiger partial charge < -0.3 is 9.73 Å². The summed E-state index contributed by atoms with van der Waals surface area (Å²) >= 11 is 0. The summed E-state index contributed by atoms with van der Waals surface area (Å²) in [7, 11) is 0. The van der Waals surface area contributed by atoms with Gasteiger partial charge in [-0.15, -0.1) is 0 Å². The standard InChI is InChI=1S/C13H20F3NO/c1-3-8-17-11(5-7-13(14,15)16)10-6-9-18-12(10)4-2/h6,9,11,17H,3-5,7-8H2,1-2H3. The molecule has 0 spiro atoms. The molecule has 1 aromatic heterocycles. The average Bonchev–Trinajstić information content (AvgIpc) is 2.76. The number of alkyl halides is 3. The highest BCUT2D eigenvalue weighted by Crippen LogP contribution is 2.29. The van der Waals surface area contributed by atoms with Gasteiger partial charge in [0, 0.05) is 24.4 Å². The van der Waals surface area contributed by atoms with Gasteiger partial charge in [0.25, 0.3) is 0 Å². The molecule has 18 heavy (non-hydrogen) atoms. The van der Waals surface area contributed by atoms with E-state index in [1.807, 2.05) is 13.8 Å². The molecule has 0 aliphatic carbocycles. The number of halogens is 3. The van der Waals surface area contributed by atoms with Crippen LogP contribution in [0, 0.1) is 0 Å². The molecular weight excluding hydrogens is 243 g/mol. The van der Waals surface area contributed by atoms with Gasteiger partial charge in [-0.3, -0.25) is 0 Å². The van der Waals surface area contributed by atoms with E-state index in [0.29, 0.717) is 13.0 Å². The molecular formula is C13H20F3NO. The summed E-state index contributed by atoms with van der Waals surface area (Å²) in [5, 5.41) is 3.16. The lowest BCUT2D eigenvalue weighted by atomic mass is 10.0. The normalized spacial score (nSPS) is 13.8. The van der Waals surface area contributed by atoms with Gasteiger partial charge in [-0.2, -0.15) is 13.2 Å². The van der Waals surface area contributed by atoms with Gasteiger partial charge in [-0.05, 0) is 25.5 Å². The van der Waals surface area contributed by atoms with Crippen molar-refractivity contribution in [3.63, 3.8) is 0 Å². The third kappa shape index (κ3) is 4.72. The van der Waals surface area contributed by atoms with E-state index in [9.17, 15) is 13.2 Å². The Balaban J connectivity index is 2.71. The molecule has 0 saturated carbocycles. The lowest BCUT2D eigenvalue weighted by Gasteiger charge is -2.19. The third-order valence-corrected chi connectivity index (χ3v) is 2.83. The molecule has 0 aromatic carbocycles. The Labute approximate surface area is 106 Å². The first-order chi connectivity index (χ1) is 8.48. The third-order valence-electron chi connectivity index (χ3n) is 2.83. The van der Waals surface area contributed by atoms with Gasteiger partial charge in [0.1, 0.15) is 5.76 Å². The van der Waals surface area contributed by atoms with E-state index >= 15 is 0 Å². The first-order valence-electron chi connectivity index (χ1n) is 6.34. The Morgan fingerprint density at radius 3 is 2.61 bits per heavy atom. The molecule has 0 saturated heterocycles. The maximum atomic E-state index is 12.3. The summed E-state index contributed by atoms with van der Waals surface area (Å²) in [6, 6.07) is 1.49. The van der Waals surface area contributed by atoms with Crippen LogP contribution in [0.5, 0.6) is 0 Å². The minimum absolute atomic E-state index is 0.0516. The fraction of sp³-hybridized carbons (Fsp3) is 0.692. The molecule has 0 aliphatic heterocycles. The van der Waals surface area contributed by atoms with Crippen molar-refractivity contribution in [2.24, 2.45) is 0 Å². The topological polar surface area (TPSA) is 25.2 Å². The predicted octanol–water partition coefficient (Wildman–Crippen LogP) is 4.23. The molecule has 1 aromatic rings. The highest BCUT2D eigenvalue weighted by atomic mass is 19.4. The van der Waals surface area contributed by atoms with E-state index < -0.39 is 12.6 Å². The molecule has 1 rings (SSSR count). The lowest BCUT2D eigenvalue weighted by Crippen LogP contribution is -2.24. The molecule has 5 heteroatoms. The van der Waals surface area contributed by atoms with E-state index in [1.165, 1.54) is 0 Å². The zero-order chi connectivity index (χ0) is 13.6. The van der Waals surface area contributed by atoms with Crippen molar-refractivity contribution in [3.05, 3.63) is 23.7 Å². The van der Waals surface area contributed by atoms with Crippen molar-refractivity contribution in [2.75, 3.05) is 6.54 Å². The zero-order valence-electron chi connectivity index (χ0n) is 10.8. The van der Waals surface area contributed by atoms with Crippen molar-refractivity contribution in [1.29, 1.82) is 0 Å². The largest absolute Gasteiger partial charge is 0.469 e. The van der Waals surface area contributed by atoms with E-state index in [2.05, 4.69) is 5.32 Å². The molecule has 0 bridgehead atoms. The van der Waals surface area contributed by atoms with E-state index in [-0.39, 0.29) is 12.5 Å². The molecule has 2 nitrogen and oxygen atoms in total. The average molecular weight is 263 g/mol. The second-order valence-corrected chi connectivity index (χ2v) is 4.31. The number of hydrogen-bond acceptors (Lipinski definition) is 2. The quantitative estimate of drug-likeness (QED) is 0.796. The molecule has 1 unspecified atom stereocenters. The van der Waals surface area contributed by atoms with Crippen LogP contribution in [0.25, 0.3) is 0 Å². The minimum atomic E-state index is -4.11. The first kappa shape index (κ1) is 15.1. The van der Waals surface area contributed by atoms with E-state index in [4.69, 9.17) is 4.42 Å². The summed E-state index contributed by atoms with van der Waals surface area (Å²) in [5.41, 5.74) is 0.857. The number of aryl methyl sites for hydroxylation is 1. The molecule has 0 aliphatic rings. The monoisotopic (exact) mass is 263 g/mol. The maximum absolute atomic E-state index is 12.3. The Bertz CT molecular complexity index is 346. The molecule has 1 N–H and O–H groups in total. The van der Waals surface area contributed by atoms with Gasteiger partial charge in [-0.25, -0.2) is 0 Å². The molecule has 104 valence electrons. The van der Waals surface area contributed by atoms with Crippen molar-refractivity contribution in [1.82, 2.24) is 5.32 Å². The number of nitrogens with one attached hydrogen (secondary N) is 1. The Morgan fingerprint density at radius 1 is 1.33 bits per heavy atom. The van der Waals surface area contributed by atoms with Crippen LogP contribution in [0.15, 0.2) is 16.7 Å². The van der Waals surface area contributed by atoms with Gasteiger partial charge in [0.2, 0.25) is 0 Å². The van der Waals surface area contributed by atoms with Crippen molar-refractivity contribution in [3.8, 4) is 0 Å². The van der Waals surface area contributed by atoms with Crippen molar-refractivity contribution < 1.29 is 17.6 Å². The Kier molecular flexibility index (Phi) is 5.72. The van der Waals surface area contributed by atoms with Crippen LogP contribution in [-0.4, -0.2) is 12.7 Å². The second-order valence-electron chi connectivity index (χ2n) is 4.31. The van der Waals surface area contributed by atoms with Crippen LogP contribution >= 0.6 is 0 Å². The summed E-state index contributed by atoms with van der Waals surface area (Å²) < 4.78 is 42.2. The smallest absolute Gasteiger partial charge is 0.389 e.